The van der Waals surface area contributed by atoms with Crippen molar-refractivity contribution < 1.29 is 14.4 Å². The Hall–Kier alpha value is -2.07. The molecular weight excluding hydrogens is 336 g/mol. The van der Waals surface area contributed by atoms with E-state index in [-0.39, 0.29) is 0 Å². The number of piperidine rings is 1. The van der Waals surface area contributed by atoms with Crippen LogP contribution in [0.2, 0.25) is 0 Å². The fourth-order valence-electron chi connectivity index (χ4n) is 4.05. The van der Waals surface area contributed by atoms with E-state index in [2.05, 4.69) is 23.3 Å². The lowest BCUT2D eigenvalue weighted by molar-refractivity contribution is -0.937. The third-order valence-electron chi connectivity index (χ3n) is 5.52. The van der Waals surface area contributed by atoms with Crippen molar-refractivity contribution in [1.82, 2.24) is 4.98 Å². The number of methoxy groups -OCH3 is 1. The molecule has 1 unspecified atom stereocenters. The van der Waals surface area contributed by atoms with E-state index in [4.69, 9.17) is 9.47 Å². The highest BCUT2D eigenvalue weighted by Crippen LogP contribution is 2.20. The molecule has 0 saturated carbocycles. The van der Waals surface area contributed by atoms with Crippen molar-refractivity contribution >= 4 is 0 Å². The van der Waals surface area contributed by atoms with Gasteiger partial charge in [0.1, 0.15) is 17.5 Å². The Bertz CT molecular complexity index is 662. The van der Waals surface area contributed by atoms with Gasteiger partial charge in [-0.3, -0.25) is 4.98 Å². The first-order valence-electron chi connectivity index (χ1n) is 10.4. The summed E-state index contributed by atoms with van der Waals surface area (Å²) < 4.78 is 11.1. The van der Waals surface area contributed by atoms with Crippen LogP contribution < -0.4 is 14.4 Å². The molecule has 146 valence electrons. The lowest BCUT2D eigenvalue weighted by Gasteiger charge is -2.32. The van der Waals surface area contributed by atoms with Crippen molar-refractivity contribution in [2.75, 3.05) is 26.8 Å². The molecule has 2 aromatic rings. The highest BCUT2D eigenvalue weighted by atomic mass is 16.5. The number of nitrogens with one attached hydrogen (secondary N) is 1. The summed E-state index contributed by atoms with van der Waals surface area (Å²) in [6.45, 7) is 3.36. The minimum Gasteiger partial charge on any atom is -0.497 e. The fraction of sp³-hybridized carbons (Fsp3) is 0.522. The third kappa shape index (κ3) is 6.24. The van der Waals surface area contributed by atoms with E-state index in [1.165, 1.54) is 57.2 Å². The van der Waals surface area contributed by atoms with Crippen LogP contribution in [0.4, 0.5) is 0 Å². The molecule has 0 aliphatic carbocycles. The maximum atomic E-state index is 5.83. The summed E-state index contributed by atoms with van der Waals surface area (Å²) in [6, 6.07) is 12.8. The number of hydrogen-bond acceptors (Lipinski definition) is 3. The average molecular weight is 370 g/mol. The third-order valence-corrected chi connectivity index (χ3v) is 5.52. The van der Waals surface area contributed by atoms with Gasteiger partial charge < -0.3 is 14.4 Å². The van der Waals surface area contributed by atoms with E-state index in [1.807, 2.05) is 30.5 Å². The number of pyridine rings is 1. The summed E-state index contributed by atoms with van der Waals surface area (Å²) in [7, 11) is 1.68. The van der Waals surface area contributed by atoms with E-state index in [0.717, 1.165) is 24.5 Å². The Kier molecular flexibility index (Phi) is 7.97. The van der Waals surface area contributed by atoms with Gasteiger partial charge in [0.2, 0.25) is 0 Å². The summed E-state index contributed by atoms with van der Waals surface area (Å²) >= 11 is 0. The van der Waals surface area contributed by atoms with E-state index in [9.17, 15) is 0 Å². The Morgan fingerprint density at radius 2 is 1.93 bits per heavy atom. The van der Waals surface area contributed by atoms with Crippen molar-refractivity contribution in [2.24, 2.45) is 0 Å². The number of rotatable bonds is 10. The molecule has 0 amide bonds. The number of unbranched alkanes of at least 4 members (excludes halogenated alkanes) is 3. The summed E-state index contributed by atoms with van der Waals surface area (Å²) in [5.41, 5.74) is 1.42. The molecule has 1 N–H and O–H groups in total. The zero-order chi connectivity index (χ0) is 18.7. The number of hydrogen-bond donors (Lipinski definition) is 1. The highest BCUT2D eigenvalue weighted by molar-refractivity contribution is 5.32. The number of quaternary nitrogens is 1. The molecular formula is C23H33N2O2+. The van der Waals surface area contributed by atoms with Gasteiger partial charge in [-0.1, -0.05) is 12.1 Å². The second kappa shape index (κ2) is 10.9. The average Bonchev–Trinajstić information content (AvgIpc) is 2.74. The molecule has 0 radical (unpaired) electrons. The summed E-state index contributed by atoms with van der Waals surface area (Å²) in [4.78, 5) is 6.08. The topological polar surface area (TPSA) is 35.8 Å². The molecule has 2 atom stereocenters. The molecule has 1 aromatic heterocycles. The summed E-state index contributed by atoms with van der Waals surface area (Å²) in [5.74, 6) is 1.74. The van der Waals surface area contributed by atoms with Gasteiger partial charge in [-0.05, 0) is 56.7 Å². The first-order valence-corrected chi connectivity index (χ1v) is 10.4. The number of benzene rings is 1. The Morgan fingerprint density at radius 3 is 2.78 bits per heavy atom. The normalized spacial score (nSPS) is 19.6. The van der Waals surface area contributed by atoms with Gasteiger partial charge >= 0.3 is 0 Å². The molecule has 1 fully saturated rings. The van der Waals surface area contributed by atoms with Crippen LogP contribution in [0.5, 0.6) is 11.5 Å². The van der Waals surface area contributed by atoms with Crippen molar-refractivity contribution in [1.29, 1.82) is 0 Å². The summed E-state index contributed by atoms with van der Waals surface area (Å²) in [6.07, 6.45) is 12.9. The lowest BCUT2D eigenvalue weighted by Crippen LogP contribution is -3.13. The van der Waals surface area contributed by atoms with Gasteiger partial charge in [0.15, 0.2) is 0 Å². The first-order chi connectivity index (χ1) is 13.4. The summed E-state index contributed by atoms with van der Waals surface area (Å²) in [5, 5.41) is 0. The predicted octanol–water partition coefficient (Wildman–Crippen LogP) is 3.84. The number of nitrogens with zero attached hydrogens (tertiary/aromatic N) is 1. The molecule has 1 aliphatic rings. The fourth-order valence-corrected chi connectivity index (χ4v) is 4.05. The number of likely N-dealkylation sites (tertiary alicyclic amines) is 1. The second-order valence-electron chi connectivity index (χ2n) is 7.43. The Balaban J connectivity index is 1.32. The van der Waals surface area contributed by atoms with Crippen molar-refractivity contribution in [3.63, 3.8) is 0 Å². The minimum atomic E-state index is 0.642. The van der Waals surface area contributed by atoms with E-state index < -0.39 is 0 Å². The zero-order valence-corrected chi connectivity index (χ0v) is 16.5. The largest absolute Gasteiger partial charge is 0.497 e. The van der Waals surface area contributed by atoms with Crippen LogP contribution in [0.15, 0.2) is 48.8 Å². The molecule has 4 heteroatoms. The van der Waals surface area contributed by atoms with Gasteiger partial charge in [-0.25, -0.2) is 0 Å². The van der Waals surface area contributed by atoms with Crippen molar-refractivity contribution in [2.45, 2.75) is 51.0 Å². The quantitative estimate of drug-likeness (QED) is 0.647. The molecule has 0 spiro atoms. The Morgan fingerprint density at radius 1 is 1.04 bits per heavy atom. The maximum absolute atomic E-state index is 5.83. The lowest BCUT2D eigenvalue weighted by atomic mass is 9.96. The van der Waals surface area contributed by atoms with Crippen LogP contribution in [0.3, 0.4) is 0 Å². The van der Waals surface area contributed by atoms with E-state index >= 15 is 0 Å². The molecule has 2 heterocycles. The smallest absolute Gasteiger partial charge is 0.122 e. The molecule has 4 nitrogen and oxygen atoms in total. The molecule has 27 heavy (non-hydrogen) atoms. The maximum Gasteiger partial charge on any atom is 0.122 e. The zero-order valence-electron chi connectivity index (χ0n) is 16.5. The van der Waals surface area contributed by atoms with Crippen molar-refractivity contribution in [3.8, 4) is 11.5 Å². The van der Waals surface area contributed by atoms with Crippen LogP contribution >= 0.6 is 0 Å². The number of ether oxygens (including phenoxy) is 2. The van der Waals surface area contributed by atoms with Crippen molar-refractivity contribution in [3.05, 3.63) is 54.4 Å². The highest BCUT2D eigenvalue weighted by Gasteiger charge is 2.27. The van der Waals surface area contributed by atoms with Gasteiger partial charge in [0.25, 0.3) is 0 Å². The molecule has 1 saturated heterocycles. The Labute approximate surface area is 163 Å². The van der Waals surface area contributed by atoms with Crippen LogP contribution in [0, 0.1) is 0 Å². The first kappa shape index (κ1) is 19.7. The predicted molar refractivity (Wildman–Crippen MR) is 108 cm³/mol. The van der Waals surface area contributed by atoms with Gasteiger partial charge in [0, 0.05) is 30.4 Å². The van der Waals surface area contributed by atoms with E-state index in [1.54, 1.807) is 12.0 Å². The molecule has 3 rings (SSSR count). The van der Waals surface area contributed by atoms with Crippen LogP contribution in [-0.2, 0) is 0 Å². The van der Waals surface area contributed by atoms with Gasteiger partial charge in [-0.15, -0.1) is 0 Å². The van der Waals surface area contributed by atoms with Crippen LogP contribution in [-0.4, -0.2) is 31.8 Å². The monoisotopic (exact) mass is 369 g/mol. The van der Waals surface area contributed by atoms with E-state index in [0.29, 0.717) is 6.04 Å². The molecule has 0 bridgehead atoms. The molecule has 1 aliphatic heterocycles. The van der Waals surface area contributed by atoms with Gasteiger partial charge in [-0.2, -0.15) is 0 Å². The second-order valence-corrected chi connectivity index (χ2v) is 7.43. The van der Waals surface area contributed by atoms with Crippen LogP contribution in [0.25, 0.3) is 0 Å². The minimum absolute atomic E-state index is 0.642. The number of aromatic nitrogens is 1. The standard InChI is InChI=1S/C23H32N2O2/c1-26-21-11-8-12-22(18-21)27-17-7-3-2-5-15-25-16-6-4-13-23(25)20-10-9-14-24-19-20/h8-12,14,18-19,23H,2-7,13,15-17H2,1H3/p+1/t23-/m1/s1. The molecule has 1 aromatic carbocycles. The van der Waals surface area contributed by atoms with Crippen LogP contribution in [0.1, 0.15) is 56.6 Å². The SMILES string of the molecule is COc1cccc(OCCCCCC[NH+]2CCCC[C@@H]2c2cccnc2)c1. The van der Waals surface area contributed by atoms with Gasteiger partial charge in [0.05, 0.1) is 26.8 Å².